The molecule has 128 valence electrons. The van der Waals surface area contributed by atoms with Crippen molar-refractivity contribution in [1.82, 2.24) is 14.9 Å². The first kappa shape index (κ1) is 16.5. The van der Waals surface area contributed by atoms with E-state index >= 15 is 0 Å². The normalized spacial score (nSPS) is 16.1. The van der Waals surface area contributed by atoms with Crippen LogP contribution in [0, 0.1) is 5.41 Å². The molecule has 1 aliphatic carbocycles. The molecule has 1 aliphatic rings. The van der Waals surface area contributed by atoms with Crippen molar-refractivity contribution in [1.29, 1.82) is 0 Å². The van der Waals surface area contributed by atoms with Crippen molar-refractivity contribution in [2.75, 3.05) is 0 Å². The van der Waals surface area contributed by atoms with Crippen LogP contribution in [0.2, 0.25) is 0 Å². The van der Waals surface area contributed by atoms with Crippen LogP contribution in [0.4, 0.5) is 0 Å². The van der Waals surface area contributed by atoms with Gasteiger partial charge in [0.1, 0.15) is 5.82 Å². The minimum absolute atomic E-state index is 0.0459. The first-order chi connectivity index (χ1) is 11.4. The molecule has 1 heterocycles. The van der Waals surface area contributed by atoms with Gasteiger partial charge >= 0.3 is 5.97 Å². The van der Waals surface area contributed by atoms with Gasteiger partial charge < -0.3 is 15.0 Å². The van der Waals surface area contributed by atoms with Crippen LogP contribution in [0.25, 0.3) is 11.0 Å². The number of carboxylic acids is 1. The lowest BCUT2D eigenvalue weighted by Crippen LogP contribution is -2.42. The number of carbonyl (C=O) groups is 2. The van der Waals surface area contributed by atoms with E-state index in [0.717, 1.165) is 23.3 Å². The lowest BCUT2D eigenvalue weighted by molar-refractivity contribution is -0.157. The monoisotopic (exact) mass is 329 g/mol. The first-order valence-electron chi connectivity index (χ1n) is 8.39. The van der Waals surface area contributed by atoms with Gasteiger partial charge in [0.2, 0.25) is 5.91 Å². The molecule has 2 aromatic rings. The molecule has 1 saturated carbocycles. The molecule has 0 aliphatic heterocycles. The molecule has 6 nitrogen and oxygen atoms in total. The molecule has 3 rings (SSSR count). The Bertz CT molecular complexity index is 775. The number of nitrogens with one attached hydrogen (secondary N) is 1. The standard InChI is InChI=1S/C18H23N3O3/c1-12(2)21-14-7-4-3-6-13(14)20-15(21)11-19-16(22)10-18(17(23)24)8-5-9-18/h3-4,6-7,12H,5,8-11H2,1-2H3,(H,19,22)(H,23,24). The van der Waals surface area contributed by atoms with Gasteiger partial charge in [-0.15, -0.1) is 0 Å². The molecule has 0 spiro atoms. The van der Waals surface area contributed by atoms with Crippen LogP contribution in [0.3, 0.4) is 0 Å². The number of carbonyl (C=O) groups excluding carboxylic acids is 1. The SMILES string of the molecule is CC(C)n1c(CNC(=O)CC2(C(=O)O)CCC2)nc2ccccc21. The average Bonchev–Trinajstić information content (AvgIpc) is 2.87. The highest BCUT2D eigenvalue weighted by molar-refractivity contribution is 5.85. The number of hydrogen-bond donors (Lipinski definition) is 2. The van der Waals surface area contributed by atoms with Gasteiger partial charge in [0.05, 0.1) is 23.0 Å². The number of nitrogens with zero attached hydrogens (tertiary/aromatic N) is 2. The van der Waals surface area contributed by atoms with Crippen LogP contribution in [-0.2, 0) is 16.1 Å². The van der Waals surface area contributed by atoms with Crippen molar-refractivity contribution < 1.29 is 14.7 Å². The molecule has 24 heavy (non-hydrogen) atoms. The van der Waals surface area contributed by atoms with Gasteiger partial charge in [0.15, 0.2) is 0 Å². The van der Waals surface area contributed by atoms with E-state index in [-0.39, 0.29) is 18.4 Å². The molecule has 1 amide bonds. The fourth-order valence-corrected chi connectivity index (χ4v) is 3.41. The largest absolute Gasteiger partial charge is 0.481 e. The van der Waals surface area contributed by atoms with Gasteiger partial charge in [0, 0.05) is 12.5 Å². The van der Waals surface area contributed by atoms with Crippen molar-refractivity contribution in [3.8, 4) is 0 Å². The fourth-order valence-electron chi connectivity index (χ4n) is 3.41. The van der Waals surface area contributed by atoms with E-state index in [4.69, 9.17) is 0 Å². The molecule has 1 aromatic heterocycles. The van der Waals surface area contributed by atoms with Crippen molar-refractivity contribution in [3.63, 3.8) is 0 Å². The number of aliphatic carboxylic acids is 1. The molecule has 0 atom stereocenters. The average molecular weight is 329 g/mol. The molecule has 6 heteroatoms. The molecule has 0 saturated heterocycles. The Morgan fingerprint density at radius 2 is 2.04 bits per heavy atom. The Morgan fingerprint density at radius 1 is 1.33 bits per heavy atom. The minimum Gasteiger partial charge on any atom is -0.481 e. The van der Waals surface area contributed by atoms with Gasteiger partial charge in [-0.2, -0.15) is 0 Å². The Labute approximate surface area is 140 Å². The van der Waals surface area contributed by atoms with Crippen LogP contribution in [0.1, 0.15) is 51.4 Å². The minimum atomic E-state index is -0.863. The molecule has 2 N–H and O–H groups in total. The van der Waals surface area contributed by atoms with Crippen molar-refractivity contribution in [2.24, 2.45) is 5.41 Å². The molecular formula is C18H23N3O3. The van der Waals surface area contributed by atoms with E-state index in [1.165, 1.54) is 0 Å². The Morgan fingerprint density at radius 3 is 2.62 bits per heavy atom. The number of carboxylic acid groups (broad SMARTS) is 1. The van der Waals surface area contributed by atoms with E-state index in [1.54, 1.807) is 0 Å². The van der Waals surface area contributed by atoms with Crippen LogP contribution < -0.4 is 5.32 Å². The lowest BCUT2D eigenvalue weighted by atomic mass is 9.66. The number of imidazole rings is 1. The van der Waals surface area contributed by atoms with Gasteiger partial charge in [-0.1, -0.05) is 18.6 Å². The summed E-state index contributed by atoms with van der Waals surface area (Å²) < 4.78 is 2.10. The van der Waals surface area contributed by atoms with E-state index in [1.807, 2.05) is 24.3 Å². The molecule has 0 bridgehead atoms. The number of para-hydroxylation sites is 2. The third-order valence-electron chi connectivity index (χ3n) is 4.89. The van der Waals surface area contributed by atoms with Gasteiger partial charge in [-0.05, 0) is 38.8 Å². The van der Waals surface area contributed by atoms with Crippen molar-refractivity contribution in [3.05, 3.63) is 30.1 Å². The zero-order valence-electron chi connectivity index (χ0n) is 14.1. The Balaban J connectivity index is 1.72. The maximum atomic E-state index is 12.2. The zero-order chi connectivity index (χ0) is 17.3. The third kappa shape index (κ3) is 2.88. The van der Waals surface area contributed by atoms with Gasteiger partial charge in [0.25, 0.3) is 0 Å². The predicted molar refractivity (Wildman–Crippen MR) is 90.5 cm³/mol. The lowest BCUT2D eigenvalue weighted by Gasteiger charge is -2.36. The second kappa shape index (κ2) is 6.26. The third-order valence-corrected chi connectivity index (χ3v) is 4.89. The maximum absolute atomic E-state index is 12.2. The van der Waals surface area contributed by atoms with Gasteiger partial charge in [-0.25, -0.2) is 4.98 Å². The smallest absolute Gasteiger partial charge is 0.310 e. The Hall–Kier alpha value is -2.37. The summed E-state index contributed by atoms with van der Waals surface area (Å²) in [6.45, 7) is 4.46. The number of rotatable bonds is 6. The topological polar surface area (TPSA) is 84.2 Å². The summed E-state index contributed by atoms with van der Waals surface area (Å²) in [5.41, 5.74) is 1.08. The van der Waals surface area contributed by atoms with Crippen LogP contribution in [0.15, 0.2) is 24.3 Å². The summed E-state index contributed by atoms with van der Waals surface area (Å²) in [6, 6.07) is 8.10. The van der Waals surface area contributed by atoms with Crippen molar-refractivity contribution in [2.45, 2.75) is 52.1 Å². The Kier molecular flexibility index (Phi) is 4.30. The molecule has 0 radical (unpaired) electrons. The summed E-state index contributed by atoms with van der Waals surface area (Å²) in [5, 5.41) is 12.2. The van der Waals surface area contributed by atoms with Crippen LogP contribution in [0.5, 0.6) is 0 Å². The maximum Gasteiger partial charge on any atom is 0.310 e. The van der Waals surface area contributed by atoms with Crippen LogP contribution >= 0.6 is 0 Å². The fraction of sp³-hybridized carbons (Fsp3) is 0.500. The second-order valence-corrected chi connectivity index (χ2v) is 6.87. The summed E-state index contributed by atoms with van der Waals surface area (Å²) >= 11 is 0. The summed E-state index contributed by atoms with van der Waals surface area (Å²) in [6.07, 6.45) is 2.09. The van der Waals surface area contributed by atoms with Gasteiger partial charge in [-0.3, -0.25) is 9.59 Å². The molecular weight excluding hydrogens is 306 g/mol. The zero-order valence-corrected chi connectivity index (χ0v) is 14.1. The number of benzene rings is 1. The number of amides is 1. The highest BCUT2D eigenvalue weighted by atomic mass is 16.4. The second-order valence-electron chi connectivity index (χ2n) is 6.87. The highest BCUT2D eigenvalue weighted by Crippen LogP contribution is 2.44. The number of aromatic nitrogens is 2. The summed E-state index contributed by atoms with van der Waals surface area (Å²) in [4.78, 5) is 28.2. The molecule has 1 fully saturated rings. The van der Waals surface area contributed by atoms with Crippen molar-refractivity contribution >= 4 is 22.9 Å². The van der Waals surface area contributed by atoms with E-state index in [9.17, 15) is 14.7 Å². The van der Waals surface area contributed by atoms with E-state index in [2.05, 4.69) is 28.7 Å². The molecule has 1 aromatic carbocycles. The highest BCUT2D eigenvalue weighted by Gasteiger charge is 2.45. The molecule has 0 unspecified atom stereocenters. The number of fused-ring (bicyclic) bond motifs is 1. The van der Waals surface area contributed by atoms with E-state index in [0.29, 0.717) is 19.4 Å². The van der Waals surface area contributed by atoms with Crippen LogP contribution in [-0.4, -0.2) is 26.5 Å². The number of hydrogen-bond acceptors (Lipinski definition) is 3. The first-order valence-corrected chi connectivity index (χ1v) is 8.39. The van der Waals surface area contributed by atoms with E-state index < -0.39 is 11.4 Å². The predicted octanol–water partition coefficient (Wildman–Crippen LogP) is 2.88. The summed E-state index contributed by atoms with van der Waals surface area (Å²) in [5.74, 6) is -0.296. The quantitative estimate of drug-likeness (QED) is 0.853. The summed E-state index contributed by atoms with van der Waals surface area (Å²) in [7, 11) is 0.